The van der Waals surface area contributed by atoms with Crippen LogP contribution in [0.1, 0.15) is 31.4 Å². The highest BCUT2D eigenvalue weighted by molar-refractivity contribution is 7.80. The van der Waals surface area contributed by atoms with Crippen LogP contribution in [0.3, 0.4) is 0 Å². The average Bonchev–Trinajstić information content (AvgIpc) is 2.49. The van der Waals surface area contributed by atoms with Crippen LogP contribution in [0.2, 0.25) is 10.0 Å². The van der Waals surface area contributed by atoms with E-state index in [2.05, 4.69) is 10.6 Å². The minimum absolute atomic E-state index is 0.392. The molecule has 0 aliphatic carbocycles. The van der Waals surface area contributed by atoms with Gasteiger partial charge < -0.3 is 15.4 Å². The Balaban J connectivity index is 2.59. The zero-order chi connectivity index (χ0) is 16.3. The van der Waals surface area contributed by atoms with Crippen LogP contribution in [0.4, 0.5) is 0 Å². The van der Waals surface area contributed by atoms with Gasteiger partial charge in [0.25, 0.3) is 0 Å². The summed E-state index contributed by atoms with van der Waals surface area (Å²) in [5.74, 6) is -0.424. The average molecular weight is 359 g/mol. The number of methoxy groups -OCH3 is 1. The number of thiocarbonyl (C=S) groups is 1. The number of halogens is 2. The summed E-state index contributed by atoms with van der Waals surface area (Å²) in [6.45, 7) is 2.02. The van der Waals surface area contributed by atoms with E-state index in [1.54, 1.807) is 12.1 Å². The summed E-state index contributed by atoms with van der Waals surface area (Å²) in [4.78, 5) is 12.3. The smallest absolute Gasteiger partial charge is 0.337 e. The van der Waals surface area contributed by atoms with Crippen LogP contribution < -0.4 is 10.6 Å². The Hall–Kier alpha value is -1.30. The summed E-state index contributed by atoms with van der Waals surface area (Å²) in [5.41, 5.74) is 1.91. The fraction of sp³-hybridized carbons (Fsp3) is 0.333. The molecule has 1 aliphatic rings. The molecule has 0 fully saturated rings. The van der Waals surface area contributed by atoms with Gasteiger partial charge in [-0.25, -0.2) is 4.79 Å². The van der Waals surface area contributed by atoms with Crippen LogP contribution in [-0.2, 0) is 9.53 Å². The van der Waals surface area contributed by atoms with Crippen molar-refractivity contribution in [2.45, 2.75) is 25.8 Å². The van der Waals surface area contributed by atoms with E-state index in [0.717, 1.165) is 12.1 Å². The molecule has 0 radical (unpaired) electrons. The molecule has 2 rings (SSSR count). The monoisotopic (exact) mass is 358 g/mol. The molecule has 7 heteroatoms. The minimum Gasteiger partial charge on any atom is -0.466 e. The number of esters is 1. The Bertz CT molecular complexity index is 646. The van der Waals surface area contributed by atoms with Gasteiger partial charge in [-0.05, 0) is 30.3 Å². The molecule has 0 saturated heterocycles. The highest BCUT2D eigenvalue weighted by Crippen LogP contribution is 2.36. The van der Waals surface area contributed by atoms with Crippen molar-refractivity contribution in [2.24, 2.45) is 0 Å². The number of hydrogen-bond acceptors (Lipinski definition) is 3. The zero-order valence-electron chi connectivity index (χ0n) is 12.2. The Morgan fingerprint density at radius 2 is 2.14 bits per heavy atom. The van der Waals surface area contributed by atoms with Gasteiger partial charge in [0.1, 0.15) is 0 Å². The number of carbonyl (C=O) groups excluding carboxylic acids is 1. The van der Waals surface area contributed by atoms with Crippen LogP contribution in [-0.4, -0.2) is 18.2 Å². The predicted octanol–water partition coefficient (Wildman–Crippen LogP) is 3.74. The minimum atomic E-state index is -0.492. The van der Waals surface area contributed by atoms with Crippen molar-refractivity contribution in [1.29, 1.82) is 0 Å². The second-order valence-corrected chi connectivity index (χ2v) is 6.00. The molecular formula is C15H16Cl2N2O2S. The summed E-state index contributed by atoms with van der Waals surface area (Å²) < 4.78 is 4.93. The second kappa shape index (κ2) is 7.31. The third-order valence-electron chi connectivity index (χ3n) is 3.35. The zero-order valence-corrected chi connectivity index (χ0v) is 14.5. The van der Waals surface area contributed by atoms with Gasteiger partial charge in [0.05, 0.1) is 28.8 Å². The van der Waals surface area contributed by atoms with Crippen molar-refractivity contribution < 1.29 is 9.53 Å². The number of hydrogen-bond donors (Lipinski definition) is 2. The van der Waals surface area contributed by atoms with Crippen LogP contribution in [0.15, 0.2) is 29.5 Å². The molecule has 2 N–H and O–H groups in total. The molecular weight excluding hydrogens is 343 g/mol. The molecule has 118 valence electrons. The van der Waals surface area contributed by atoms with E-state index in [1.807, 2.05) is 13.0 Å². The topological polar surface area (TPSA) is 50.4 Å². The van der Waals surface area contributed by atoms with Gasteiger partial charge in [-0.1, -0.05) is 48.7 Å². The van der Waals surface area contributed by atoms with E-state index in [4.69, 9.17) is 40.2 Å². The third kappa shape index (κ3) is 3.37. The summed E-state index contributed by atoms with van der Waals surface area (Å²) in [7, 11) is 1.35. The summed E-state index contributed by atoms with van der Waals surface area (Å²) in [5, 5.41) is 7.37. The van der Waals surface area contributed by atoms with Gasteiger partial charge in [-0.15, -0.1) is 0 Å². The highest BCUT2D eigenvalue weighted by Gasteiger charge is 2.33. The summed E-state index contributed by atoms with van der Waals surface area (Å²) in [6.07, 6.45) is 1.54. The molecule has 0 aromatic heterocycles. The van der Waals surface area contributed by atoms with Crippen molar-refractivity contribution in [1.82, 2.24) is 10.6 Å². The van der Waals surface area contributed by atoms with E-state index < -0.39 is 12.0 Å². The first-order valence-electron chi connectivity index (χ1n) is 6.82. The maximum atomic E-state index is 12.3. The van der Waals surface area contributed by atoms with E-state index in [0.29, 0.717) is 32.7 Å². The van der Waals surface area contributed by atoms with Crippen molar-refractivity contribution in [3.05, 3.63) is 45.1 Å². The first-order chi connectivity index (χ1) is 10.5. The lowest BCUT2D eigenvalue weighted by molar-refractivity contribution is -0.136. The quantitative estimate of drug-likeness (QED) is 0.634. The molecule has 1 aliphatic heterocycles. The molecule has 22 heavy (non-hydrogen) atoms. The molecule has 1 atom stereocenters. The summed E-state index contributed by atoms with van der Waals surface area (Å²) in [6, 6.07) is 4.80. The Kier molecular flexibility index (Phi) is 5.67. The van der Waals surface area contributed by atoms with Crippen LogP contribution in [0.5, 0.6) is 0 Å². The van der Waals surface area contributed by atoms with Gasteiger partial charge in [0, 0.05) is 5.70 Å². The number of rotatable bonds is 4. The van der Waals surface area contributed by atoms with Crippen LogP contribution in [0, 0.1) is 0 Å². The van der Waals surface area contributed by atoms with Crippen molar-refractivity contribution in [3.8, 4) is 0 Å². The van der Waals surface area contributed by atoms with Gasteiger partial charge >= 0.3 is 5.97 Å². The van der Waals surface area contributed by atoms with Gasteiger partial charge in [0.2, 0.25) is 0 Å². The highest BCUT2D eigenvalue weighted by atomic mass is 35.5. The fourth-order valence-electron chi connectivity index (χ4n) is 2.39. The number of allylic oxidation sites excluding steroid dienone is 1. The molecule has 1 unspecified atom stereocenters. The largest absolute Gasteiger partial charge is 0.466 e. The fourth-order valence-corrected chi connectivity index (χ4v) is 3.05. The Morgan fingerprint density at radius 3 is 2.77 bits per heavy atom. The van der Waals surface area contributed by atoms with Gasteiger partial charge in [0.15, 0.2) is 5.11 Å². The molecule has 0 saturated carbocycles. The standard InChI is InChI=1S/C15H16Cl2N2O2S/c1-3-5-10-11(14(20)21-2)13(19-15(22)18-10)8-6-4-7-9(16)12(8)17/h4,6-7,13H,3,5H2,1-2H3,(H2,18,19,22). The maximum Gasteiger partial charge on any atom is 0.337 e. The molecule has 0 amide bonds. The Morgan fingerprint density at radius 1 is 1.41 bits per heavy atom. The number of benzene rings is 1. The molecule has 1 heterocycles. The van der Waals surface area contributed by atoms with Crippen molar-refractivity contribution in [3.63, 3.8) is 0 Å². The molecule has 0 bridgehead atoms. The first-order valence-corrected chi connectivity index (χ1v) is 7.98. The van der Waals surface area contributed by atoms with Crippen LogP contribution in [0.25, 0.3) is 0 Å². The van der Waals surface area contributed by atoms with E-state index in [-0.39, 0.29) is 0 Å². The lowest BCUT2D eigenvalue weighted by Gasteiger charge is -2.31. The number of ether oxygens (including phenoxy) is 1. The lowest BCUT2D eigenvalue weighted by Crippen LogP contribution is -2.45. The molecule has 1 aromatic carbocycles. The second-order valence-electron chi connectivity index (χ2n) is 4.81. The molecule has 1 aromatic rings. The SMILES string of the molecule is CCCC1=C(C(=O)OC)C(c2cccc(Cl)c2Cl)NC(=S)N1. The number of nitrogens with one attached hydrogen (secondary N) is 2. The molecule has 4 nitrogen and oxygen atoms in total. The maximum absolute atomic E-state index is 12.3. The van der Waals surface area contributed by atoms with E-state index in [1.165, 1.54) is 7.11 Å². The van der Waals surface area contributed by atoms with Crippen LogP contribution >= 0.6 is 35.4 Å². The van der Waals surface area contributed by atoms with Crippen molar-refractivity contribution in [2.75, 3.05) is 7.11 Å². The third-order valence-corrected chi connectivity index (χ3v) is 4.40. The van der Waals surface area contributed by atoms with E-state index in [9.17, 15) is 4.79 Å². The normalized spacial score (nSPS) is 17.8. The Labute approximate surface area is 144 Å². The van der Waals surface area contributed by atoms with Crippen molar-refractivity contribution >= 4 is 46.5 Å². The molecule has 0 spiro atoms. The summed E-state index contributed by atoms with van der Waals surface area (Å²) >= 11 is 17.6. The lowest BCUT2D eigenvalue weighted by atomic mass is 9.94. The predicted molar refractivity (Wildman–Crippen MR) is 92.0 cm³/mol. The van der Waals surface area contributed by atoms with Gasteiger partial charge in [-0.2, -0.15) is 0 Å². The number of carbonyl (C=O) groups is 1. The van der Waals surface area contributed by atoms with Gasteiger partial charge in [-0.3, -0.25) is 0 Å². The first kappa shape index (κ1) is 17.1. The van der Waals surface area contributed by atoms with E-state index >= 15 is 0 Å².